The number of hydrogen-bond acceptors (Lipinski definition) is 4. The van der Waals surface area contributed by atoms with E-state index in [1.54, 1.807) is 19.6 Å². The largest absolute Gasteiger partial charge is 0.331 e. The lowest BCUT2D eigenvalue weighted by Gasteiger charge is -2.42. The quantitative estimate of drug-likeness (QED) is 0.814. The van der Waals surface area contributed by atoms with Crippen LogP contribution in [0, 0.1) is 0 Å². The fourth-order valence-electron chi connectivity index (χ4n) is 4.32. The number of benzene rings is 1. The Hall–Kier alpha value is -2.15. The van der Waals surface area contributed by atoms with Crippen LogP contribution < -0.4 is 0 Å². The molecule has 0 bridgehead atoms. The number of aromatic nitrogens is 2. The molecule has 2 atom stereocenters. The summed E-state index contributed by atoms with van der Waals surface area (Å²) in [5.74, 6) is 1.09. The molecule has 2 unspecified atom stereocenters. The third-order valence-corrected chi connectivity index (χ3v) is 8.21. The van der Waals surface area contributed by atoms with E-state index in [4.69, 9.17) is 0 Å². The highest BCUT2D eigenvalue weighted by Crippen LogP contribution is 2.39. The molecule has 0 saturated carbocycles. The Morgan fingerprint density at radius 1 is 1.23 bits per heavy atom. The van der Waals surface area contributed by atoms with Gasteiger partial charge in [0.15, 0.2) is 0 Å². The van der Waals surface area contributed by atoms with Crippen LogP contribution in [0.15, 0.2) is 47.2 Å². The van der Waals surface area contributed by atoms with Crippen LogP contribution in [0.3, 0.4) is 0 Å². The molecule has 0 N–H and O–H groups in total. The smallest absolute Gasteiger partial charge is 0.274 e. The SMILES string of the molecule is CN=S1(=O)CCCC2(CCCN2C(=O)c2cn(-c3ccccc3)cn2)C1. The third kappa shape index (κ3) is 2.94. The number of likely N-dealkylation sites (tertiary alicyclic amines) is 1. The molecule has 138 valence electrons. The fraction of sp³-hybridized carbons (Fsp3) is 0.474. The van der Waals surface area contributed by atoms with Crippen molar-refractivity contribution in [3.8, 4) is 5.69 Å². The zero-order valence-electron chi connectivity index (χ0n) is 15.0. The Labute approximate surface area is 154 Å². The van der Waals surface area contributed by atoms with Crippen molar-refractivity contribution in [3.63, 3.8) is 0 Å². The molecule has 0 radical (unpaired) electrons. The first-order chi connectivity index (χ1) is 12.6. The second-order valence-corrected chi connectivity index (χ2v) is 9.80. The first-order valence-corrected chi connectivity index (χ1v) is 10.9. The summed E-state index contributed by atoms with van der Waals surface area (Å²) in [5.41, 5.74) is 1.10. The van der Waals surface area contributed by atoms with Gasteiger partial charge in [0.1, 0.15) is 12.0 Å². The molecule has 1 amide bonds. The van der Waals surface area contributed by atoms with Crippen molar-refractivity contribution < 1.29 is 9.00 Å². The third-order valence-electron chi connectivity index (χ3n) is 5.63. The van der Waals surface area contributed by atoms with E-state index in [0.29, 0.717) is 23.7 Å². The first-order valence-electron chi connectivity index (χ1n) is 9.07. The fourth-order valence-corrected chi connectivity index (χ4v) is 6.66. The molecule has 0 aliphatic carbocycles. The zero-order chi connectivity index (χ0) is 18.2. The normalized spacial score (nSPS) is 28.4. The van der Waals surface area contributed by atoms with Crippen LogP contribution in [-0.4, -0.2) is 55.2 Å². The number of imidazole rings is 1. The lowest BCUT2D eigenvalue weighted by molar-refractivity contribution is 0.0603. The topological polar surface area (TPSA) is 67.6 Å². The van der Waals surface area contributed by atoms with Crippen LogP contribution in [0.25, 0.3) is 5.69 Å². The van der Waals surface area contributed by atoms with Crippen molar-refractivity contribution in [1.29, 1.82) is 0 Å². The molecule has 2 aliphatic rings. The van der Waals surface area contributed by atoms with E-state index in [1.165, 1.54) is 0 Å². The monoisotopic (exact) mass is 372 g/mol. The highest BCUT2D eigenvalue weighted by atomic mass is 32.2. The van der Waals surface area contributed by atoms with Crippen molar-refractivity contribution in [3.05, 3.63) is 48.5 Å². The molecular weight excluding hydrogens is 348 g/mol. The van der Waals surface area contributed by atoms with E-state index in [9.17, 15) is 9.00 Å². The summed E-state index contributed by atoms with van der Waals surface area (Å²) in [5, 5.41) is 0. The highest BCUT2D eigenvalue weighted by molar-refractivity contribution is 7.93. The Morgan fingerprint density at radius 3 is 2.77 bits per heavy atom. The minimum Gasteiger partial charge on any atom is -0.331 e. The summed E-state index contributed by atoms with van der Waals surface area (Å²) in [6.07, 6.45) is 7.09. The minimum atomic E-state index is -2.20. The maximum atomic E-state index is 13.2. The van der Waals surface area contributed by atoms with E-state index >= 15 is 0 Å². The maximum absolute atomic E-state index is 13.2. The van der Waals surface area contributed by atoms with Crippen molar-refractivity contribution in [2.24, 2.45) is 4.36 Å². The predicted molar refractivity (Wildman–Crippen MR) is 102 cm³/mol. The zero-order valence-corrected chi connectivity index (χ0v) is 15.8. The minimum absolute atomic E-state index is 0.0584. The Morgan fingerprint density at radius 2 is 2.00 bits per heavy atom. The number of nitrogens with zero attached hydrogens (tertiary/aromatic N) is 4. The van der Waals surface area contributed by atoms with Gasteiger partial charge in [-0.15, -0.1) is 0 Å². The number of rotatable bonds is 2. The number of carbonyl (C=O) groups is 1. The van der Waals surface area contributed by atoms with Gasteiger partial charge in [-0.3, -0.25) is 4.79 Å². The van der Waals surface area contributed by atoms with Crippen molar-refractivity contribution >= 4 is 15.6 Å². The Kier molecular flexibility index (Phi) is 4.34. The van der Waals surface area contributed by atoms with Gasteiger partial charge in [-0.2, -0.15) is 0 Å². The molecule has 2 aromatic rings. The van der Waals surface area contributed by atoms with E-state index in [1.807, 2.05) is 39.8 Å². The van der Waals surface area contributed by atoms with Crippen molar-refractivity contribution in [2.75, 3.05) is 25.1 Å². The summed E-state index contributed by atoms with van der Waals surface area (Å²) in [6, 6.07) is 9.83. The van der Waals surface area contributed by atoms with E-state index < -0.39 is 9.73 Å². The van der Waals surface area contributed by atoms with E-state index in [0.717, 1.165) is 31.4 Å². The number of carbonyl (C=O) groups excluding carboxylic acids is 1. The summed E-state index contributed by atoms with van der Waals surface area (Å²) in [6.45, 7) is 0.705. The molecule has 2 fully saturated rings. The van der Waals surface area contributed by atoms with Gasteiger partial charge in [0, 0.05) is 41.0 Å². The van der Waals surface area contributed by atoms with Gasteiger partial charge >= 0.3 is 0 Å². The van der Waals surface area contributed by atoms with Crippen LogP contribution in [0.4, 0.5) is 0 Å². The molecule has 2 saturated heterocycles. The van der Waals surface area contributed by atoms with Crippen molar-refractivity contribution in [2.45, 2.75) is 31.2 Å². The molecular formula is C19H24N4O2S. The standard InChI is InChI=1S/C19H24N4O2S/c1-20-26(25)12-6-10-19(14-26)9-5-11-23(19)18(24)17-13-22(15-21-17)16-7-3-2-4-8-16/h2-4,7-8,13,15H,5-6,9-12,14H2,1H3. The second kappa shape index (κ2) is 6.54. The Balaban J connectivity index is 1.62. The van der Waals surface area contributed by atoms with Gasteiger partial charge in [0.25, 0.3) is 5.91 Å². The van der Waals surface area contributed by atoms with E-state index in [2.05, 4.69) is 9.35 Å². The van der Waals surface area contributed by atoms with Crippen LogP contribution >= 0.6 is 0 Å². The molecule has 2 aliphatic heterocycles. The number of amides is 1. The van der Waals surface area contributed by atoms with Gasteiger partial charge in [0.2, 0.25) is 0 Å². The molecule has 7 heteroatoms. The number of hydrogen-bond donors (Lipinski definition) is 0. The second-order valence-electron chi connectivity index (χ2n) is 7.19. The van der Waals surface area contributed by atoms with Gasteiger partial charge in [-0.05, 0) is 37.8 Å². The van der Waals surface area contributed by atoms with Crippen LogP contribution in [0.1, 0.15) is 36.2 Å². The maximum Gasteiger partial charge on any atom is 0.274 e. The lowest BCUT2D eigenvalue weighted by Crippen LogP contribution is -2.54. The van der Waals surface area contributed by atoms with Gasteiger partial charge < -0.3 is 9.47 Å². The summed E-state index contributed by atoms with van der Waals surface area (Å²) in [4.78, 5) is 19.5. The molecule has 6 nitrogen and oxygen atoms in total. The average Bonchev–Trinajstić information content (AvgIpc) is 3.30. The summed E-state index contributed by atoms with van der Waals surface area (Å²) >= 11 is 0. The first kappa shape index (κ1) is 17.3. The predicted octanol–water partition coefficient (Wildman–Crippen LogP) is 2.74. The molecule has 4 rings (SSSR count). The summed E-state index contributed by atoms with van der Waals surface area (Å²) < 4.78 is 18.9. The average molecular weight is 372 g/mol. The van der Waals surface area contributed by atoms with Crippen LogP contribution in [0.5, 0.6) is 0 Å². The summed E-state index contributed by atoms with van der Waals surface area (Å²) in [7, 11) is -0.558. The molecule has 1 spiro atoms. The van der Waals surface area contributed by atoms with Crippen LogP contribution in [0.2, 0.25) is 0 Å². The molecule has 1 aromatic carbocycles. The Bertz CT molecular complexity index is 930. The number of para-hydroxylation sites is 1. The highest BCUT2D eigenvalue weighted by Gasteiger charge is 2.48. The molecule has 1 aromatic heterocycles. The lowest BCUT2D eigenvalue weighted by atomic mass is 9.92. The van der Waals surface area contributed by atoms with Gasteiger partial charge in [-0.25, -0.2) is 13.6 Å². The van der Waals surface area contributed by atoms with Gasteiger partial charge in [0.05, 0.1) is 11.3 Å². The molecule has 26 heavy (non-hydrogen) atoms. The van der Waals surface area contributed by atoms with Crippen LogP contribution in [-0.2, 0) is 9.73 Å². The van der Waals surface area contributed by atoms with Gasteiger partial charge in [-0.1, -0.05) is 18.2 Å². The molecule has 3 heterocycles. The van der Waals surface area contributed by atoms with E-state index in [-0.39, 0.29) is 11.4 Å². The van der Waals surface area contributed by atoms with Crippen molar-refractivity contribution in [1.82, 2.24) is 14.5 Å².